The monoisotopic (exact) mass is 989 g/mol. The Morgan fingerprint density at radius 2 is 0.507 bits per heavy atom. The molecule has 0 radical (unpaired) electrons. The van der Waals surface area contributed by atoms with Crippen LogP contribution in [0.15, 0.2) is 72.8 Å². The topological polar surface area (TPSA) is 535 Å². The summed E-state index contributed by atoms with van der Waals surface area (Å²) in [5.41, 5.74) is 18.4. The molecule has 3 aromatic carbocycles. The van der Waals surface area contributed by atoms with Crippen LogP contribution < -0.4 is 17.2 Å². The molecule has 3 atom stereocenters. The molecule has 3 aromatic rings. The number of carboxylic acid groups (broad SMARTS) is 9. The number of phenols is 3. The van der Waals surface area contributed by atoms with Gasteiger partial charge in [0, 0.05) is 0 Å². The Bertz CT molecular complexity index is 1720. The standard InChI is InChI=1S/3C9H11NO3.3C4H6O4.C3H8O3/c3*10-8(9(12)13)5-6-1-3-7(11)4-2-6;3*5-3(6)1-2-4(7)8;4-1-3(6)2-5/h3*1-4,8,11H,5,10H2,(H,12,13);3*1-2H2,(H,5,6)(H,7,8);3-6H,1-2H2. The van der Waals surface area contributed by atoms with Gasteiger partial charge in [-0.15, -0.1) is 0 Å². The Morgan fingerprint density at radius 3 is 0.609 bits per heavy atom. The summed E-state index contributed by atoms with van der Waals surface area (Å²) in [6.45, 7) is -0.729. The molecule has 3 unspecified atom stereocenters. The van der Waals surface area contributed by atoms with E-state index in [1.807, 2.05) is 0 Å². The van der Waals surface area contributed by atoms with Gasteiger partial charge in [-0.2, -0.15) is 0 Å². The second-order valence-electron chi connectivity index (χ2n) is 13.3. The van der Waals surface area contributed by atoms with Crippen LogP contribution in [0.25, 0.3) is 0 Å². The summed E-state index contributed by atoms with van der Waals surface area (Å²) in [7, 11) is 0. The first-order valence-corrected chi connectivity index (χ1v) is 19.5. The summed E-state index contributed by atoms with van der Waals surface area (Å²) in [6.07, 6.45) is -1.91. The van der Waals surface area contributed by atoms with E-state index in [0.717, 1.165) is 16.7 Å². The summed E-state index contributed by atoms with van der Waals surface area (Å²) in [5.74, 6) is -9.04. The van der Waals surface area contributed by atoms with Crippen molar-refractivity contribution in [1.82, 2.24) is 0 Å². The van der Waals surface area contributed by atoms with Crippen LogP contribution in [0.3, 0.4) is 0 Å². The summed E-state index contributed by atoms with van der Waals surface area (Å²) in [5, 5.41) is 124. The maximum atomic E-state index is 10.4. The molecule has 3 rings (SSSR count). The van der Waals surface area contributed by atoms with E-state index in [4.69, 9.17) is 93.8 Å². The highest BCUT2D eigenvalue weighted by atomic mass is 16.4. The van der Waals surface area contributed by atoms with Crippen molar-refractivity contribution < 1.29 is 120 Å². The van der Waals surface area contributed by atoms with Gasteiger partial charge < -0.3 is 93.8 Å². The molecule has 0 spiro atoms. The maximum Gasteiger partial charge on any atom is 0.320 e. The number of carboxylic acids is 9. The quantitative estimate of drug-likeness (QED) is 0.0657. The van der Waals surface area contributed by atoms with Crippen molar-refractivity contribution >= 4 is 53.7 Å². The van der Waals surface area contributed by atoms with E-state index in [0.29, 0.717) is 0 Å². The van der Waals surface area contributed by atoms with Gasteiger partial charge in [0.25, 0.3) is 0 Å². The molecule has 0 aliphatic heterocycles. The summed E-state index contributed by atoms with van der Waals surface area (Å²) in [6, 6.07) is 16.3. The van der Waals surface area contributed by atoms with E-state index in [2.05, 4.69) is 0 Å². The number of hydrogen-bond acceptors (Lipinski definition) is 18. The number of carbonyl (C=O) groups is 9. The maximum absolute atomic E-state index is 10.4. The van der Waals surface area contributed by atoms with Crippen molar-refractivity contribution in [2.24, 2.45) is 17.2 Å². The Labute approximate surface area is 392 Å². The number of aromatic hydroxyl groups is 3. The molecule has 27 heteroatoms. The number of aliphatic hydroxyl groups is 3. The molecule has 0 bridgehead atoms. The van der Waals surface area contributed by atoms with Crippen LogP contribution in [0.2, 0.25) is 0 Å². The van der Waals surface area contributed by atoms with E-state index in [1.165, 1.54) is 36.4 Å². The molecule has 0 aliphatic carbocycles. The summed E-state index contributed by atoms with van der Waals surface area (Å²) < 4.78 is 0. The van der Waals surface area contributed by atoms with Crippen molar-refractivity contribution in [3.05, 3.63) is 89.5 Å². The van der Waals surface area contributed by atoms with Crippen LogP contribution in [0.5, 0.6) is 17.2 Å². The predicted octanol–water partition coefficient (Wildman–Crippen LogP) is -0.821. The van der Waals surface area contributed by atoms with Crippen molar-refractivity contribution in [3.8, 4) is 17.2 Å². The highest BCUT2D eigenvalue weighted by Crippen LogP contribution is 2.12. The van der Waals surface area contributed by atoms with E-state index in [1.54, 1.807) is 36.4 Å². The molecule has 0 aliphatic rings. The zero-order valence-corrected chi connectivity index (χ0v) is 36.6. The Morgan fingerprint density at radius 1 is 0.348 bits per heavy atom. The first-order valence-electron chi connectivity index (χ1n) is 19.5. The van der Waals surface area contributed by atoms with Crippen LogP contribution in [-0.2, 0) is 62.4 Å². The first-order chi connectivity index (χ1) is 32.0. The van der Waals surface area contributed by atoms with E-state index in [-0.39, 0.29) is 88.2 Å². The van der Waals surface area contributed by atoms with Crippen LogP contribution in [0, 0.1) is 0 Å². The van der Waals surface area contributed by atoms with Gasteiger partial charge in [0.2, 0.25) is 0 Å². The van der Waals surface area contributed by atoms with Crippen LogP contribution in [0.1, 0.15) is 55.2 Å². The second-order valence-corrected chi connectivity index (χ2v) is 13.3. The molecule has 386 valence electrons. The van der Waals surface area contributed by atoms with Crippen LogP contribution in [-0.4, -0.2) is 168 Å². The third kappa shape index (κ3) is 47.8. The van der Waals surface area contributed by atoms with Crippen molar-refractivity contribution in [3.63, 3.8) is 0 Å². The zero-order valence-electron chi connectivity index (χ0n) is 36.6. The van der Waals surface area contributed by atoms with Gasteiger partial charge in [-0.25, -0.2) is 0 Å². The third-order valence-electron chi connectivity index (χ3n) is 7.21. The minimum Gasteiger partial charge on any atom is -0.508 e. The molecule has 27 nitrogen and oxygen atoms in total. The first kappa shape index (κ1) is 67.6. The Kier molecular flexibility index (Phi) is 39.5. The molecular formula is C42H59N3O24. The number of benzene rings is 3. The molecule has 69 heavy (non-hydrogen) atoms. The fourth-order valence-electron chi connectivity index (χ4n) is 3.62. The smallest absolute Gasteiger partial charge is 0.320 e. The van der Waals surface area contributed by atoms with Gasteiger partial charge in [-0.1, -0.05) is 36.4 Å². The average molecular weight is 990 g/mol. The van der Waals surface area contributed by atoms with Gasteiger partial charge >= 0.3 is 53.7 Å². The lowest BCUT2D eigenvalue weighted by Crippen LogP contribution is -2.32. The van der Waals surface area contributed by atoms with Gasteiger partial charge in [0.15, 0.2) is 0 Å². The molecule has 0 heterocycles. The second kappa shape index (κ2) is 40.3. The lowest BCUT2D eigenvalue weighted by atomic mass is 10.1. The highest BCUT2D eigenvalue weighted by Gasteiger charge is 2.13. The molecular weight excluding hydrogens is 930 g/mol. The zero-order chi connectivity index (χ0) is 54.2. The third-order valence-corrected chi connectivity index (χ3v) is 7.21. The van der Waals surface area contributed by atoms with Crippen molar-refractivity contribution in [2.45, 2.75) is 82.0 Å². The fraction of sp³-hybridized carbons (Fsp3) is 0.357. The van der Waals surface area contributed by atoms with E-state index < -0.39 is 78.0 Å². The molecule has 0 amide bonds. The fourth-order valence-corrected chi connectivity index (χ4v) is 3.62. The lowest BCUT2D eigenvalue weighted by Gasteiger charge is -2.05. The van der Waals surface area contributed by atoms with Gasteiger partial charge in [0.1, 0.15) is 41.5 Å². The normalized spacial score (nSPS) is 10.8. The SMILES string of the molecule is NC(Cc1ccc(O)cc1)C(=O)O.NC(Cc1ccc(O)cc1)C(=O)O.NC(Cc1ccc(O)cc1)C(=O)O.O=C(O)CCC(=O)O.O=C(O)CCC(=O)O.O=C(O)CCC(=O)O.OCC(O)CO. The van der Waals surface area contributed by atoms with E-state index >= 15 is 0 Å². The van der Waals surface area contributed by atoms with Crippen LogP contribution >= 0.6 is 0 Å². The molecule has 21 N–H and O–H groups in total. The summed E-state index contributed by atoms with van der Waals surface area (Å²) >= 11 is 0. The molecule has 0 saturated heterocycles. The minimum absolute atomic E-state index is 0.160. The minimum atomic E-state index is -1.08. The molecule has 0 saturated carbocycles. The number of hydrogen-bond donors (Lipinski definition) is 18. The van der Waals surface area contributed by atoms with E-state index in [9.17, 15) is 43.2 Å². The number of rotatable bonds is 20. The molecule has 0 aromatic heterocycles. The number of phenolic OH excluding ortho intramolecular Hbond substituents is 3. The number of nitrogens with two attached hydrogens (primary N) is 3. The number of aliphatic hydroxyl groups excluding tert-OH is 3. The van der Waals surface area contributed by atoms with Crippen molar-refractivity contribution in [1.29, 1.82) is 0 Å². The Hall–Kier alpha value is -7.95. The number of aliphatic carboxylic acids is 9. The van der Waals surface area contributed by atoms with Gasteiger partial charge in [-0.3, -0.25) is 43.2 Å². The lowest BCUT2D eigenvalue weighted by molar-refractivity contribution is -0.143. The largest absolute Gasteiger partial charge is 0.508 e. The highest BCUT2D eigenvalue weighted by molar-refractivity contribution is 5.76. The molecule has 0 fully saturated rings. The van der Waals surface area contributed by atoms with Gasteiger partial charge in [0.05, 0.1) is 51.7 Å². The average Bonchev–Trinajstić information content (AvgIpc) is 3.27. The van der Waals surface area contributed by atoms with Crippen LogP contribution in [0.4, 0.5) is 0 Å². The van der Waals surface area contributed by atoms with Gasteiger partial charge in [-0.05, 0) is 72.4 Å². The Balaban J connectivity index is -0.000000364. The predicted molar refractivity (Wildman–Crippen MR) is 236 cm³/mol. The summed E-state index contributed by atoms with van der Waals surface area (Å²) in [4.78, 5) is 89.0. The van der Waals surface area contributed by atoms with Crippen molar-refractivity contribution in [2.75, 3.05) is 13.2 Å².